The fraction of sp³-hybridized carbons (Fsp3) is 0.643. The minimum Gasteiger partial charge on any atom is -0.481 e. The number of nitrogens with zero attached hydrogens (tertiary/aromatic N) is 2. The van der Waals surface area contributed by atoms with Crippen LogP contribution in [0.2, 0.25) is 0 Å². The number of amides is 1. The van der Waals surface area contributed by atoms with Crippen molar-refractivity contribution in [3.8, 4) is 0 Å². The molecule has 0 aliphatic heterocycles. The molecule has 2 rings (SSSR count). The molecule has 1 heterocycles. The molecule has 0 bridgehead atoms. The Balaban J connectivity index is 2.06. The molecule has 6 heteroatoms. The van der Waals surface area contributed by atoms with Crippen molar-refractivity contribution in [2.75, 3.05) is 6.54 Å². The molecule has 6 nitrogen and oxygen atoms in total. The Kier molecular flexibility index (Phi) is 4.76. The normalized spacial score (nSPS) is 16.1. The quantitative estimate of drug-likeness (QED) is 0.858. The highest BCUT2D eigenvalue weighted by Gasteiger charge is 2.24. The van der Waals surface area contributed by atoms with Gasteiger partial charge in [0.05, 0.1) is 17.7 Å². The third-order valence-electron chi connectivity index (χ3n) is 3.72. The summed E-state index contributed by atoms with van der Waals surface area (Å²) < 4.78 is 1.66. The highest BCUT2D eigenvalue weighted by atomic mass is 16.4. The van der Waals surface area contributed by atoms with Crippen LogP contribution in [0, 0.1) is 0 Å². The zero-order valence-electron chi connectivity index (χ0n) is 11.8. The summed E-state index contributed by atoms with van der Waals surface area (Å²) in [7, 11) is 1.81. The Morgan fingerprint density at radius 1 is 1.40 bits per heavy atom. The maximum Gasteiger partial charge on any atom is 0.305 e. The average Bonchev–Trinajstić information content (AvgIpc) is 2.81. The SMILES string of the molecule is Cn1cc(C(=O)NCCC(=O)O)c(C2CCCCC2)n1. The largest absolute Gasteiger partial charge is 0.481 e. The van der Waals surface area contributed by atoms with Crippen LogP contribution in [0.4, 0.5) is 0 Å². The molecule has 1 aromatic heterocycles. The standard InChI is InChI=1S/C14H21N3O3/c1-17-9-11(14(20)15-8-7-12(18)19)13(16-17)10-5-3-2-4-6-10/h9-10H,2-8H2,1H3,(H,15,20)(H,18,19). The molecule has 0 atom stereocenters. The van der Waals surface area contributed by atoms with E-state index in [2.05, 4.69) is 10.4 Å². The Morgan fingerprint density at radius 3 is 2.75 bits per heavy atom. The maximum absolute atomic E-state index is 12.1. The van der Waals surface area contributed by atoms with Gasteiger partial charge in [-0.1, -0.05) is 19.3 Å². The molecule has 1 aliphatic carbocycles. The van der Waals surface area contributed by atoms with Gasteiger partial charge in [-0.05, 0) is 12.8 Å². The second-order valence-corrected chi connectivity index (χ2v) is 5.34. The highest BCUT2D eigenvalue weighted by molar-refractivity contribution is 5.95. The van der Waals surface area contributed by atoms with E-state index < -0.39 is 5.97 Å². The minimum atomic E-state index is -0.913. The van der Waals surface area contributed by atoms with Gasteiger partial charge in [0.1, 0.15) is 0 Å². The summed E-state index contributed by atoms with van der Waals surface area (Å²) in [6, 6.07) is 0. The van der Waals surface area contributed by atoms with Crippen LogP contribution in [-0.4, -0.2) is 33.3 Å². The molecule has 110 valence electrons. The van der Waals surface area contributed by atoms with Crippen molar-refractivity contribution in [1.29, 1.82) is 0 Å². The molecule has 1 aromatic rings. The van der Waals surface area contributed by atoms with E-state index in [1.165, 1.54) is 19.3 Å². The Labute approximate surface area is 118 Å². The first-order valence-corrected chi connectivity index (χ1v) is 7.11. The van der Waals surface area contributed by atoms with Crippen molar-refractivity contribution in [2.45, 2.75) is 44.4 Å². The number of hydrogen-bond donors (Lipinski definition) is 2. The molecular formula is C14H21N3O3. The predicted molar refractivity (Wildman–Crippen MR) is 73.6 cm³/mol. The summed E-state index contributed by atoms with van der Waals surface area (Å²) in [6.45, 7) is 0.146. The van der Waals surface area contributed by atoms with Crippen molar-refractivity contribution in [2.24, 2.45) is 7.05 Å². The van der Waals surface area contributed by atoms with E-state index in [-0.39, 0.29) is 18.9 Å². The Hall–Kier alpha value is -1.85. The molecule has 0 aromatic carbocycles. The summed E-state index contributed by atoms with van der Waals surface area (Å²) in [4.78, 5) is 22.6. The topological polar surface area (TPSA) is 84.2 Å². The van der Waals surface area contributed by atoms with Crippen molar-refractivity contribution in [1.82, 2.24) is 15.1 Å². The number of aryl methyl sites for hydroxylation is 1. The van der Waals surface area contributed by atoms with Crippen LogP contribution in [-0.2, 0) is 11.8 Å². The van der Waals surface area contributed by atoms with Gasteiger partial charge in [0.2, 0.25) is 0 Å². The lowest BCUT2D eigenvalue weighted by molar-refractivity contribution is -0.136. The number of rotatable bonds is 5. The molecule has 20 heavy (non-hydrogen) atoms. The van der Waals surface area contributed by atoms with Crippen LogP contribution in [0.1, 0.15) is 60.5 Å². The molecule has 0 radical (unpaired) electrons. The second-order valence-electron chi connectivity index (χ2n) is 5.34. The van der Waals surface area contributed by atoms with Gasteiger partial charge in [-0.3, -0.25) is 14.3 Å². The molecule has 0 spiro atoms. The number of carboxylic acids is 1. The van der Waals surface area contributed by atoms with E-state index in [4.69, 9.17) is 5.11 Å². The van der Waals surface area contributed by atoms with Gasteiger partial charge >= 0.3 is 5.97 Å². The second kappa shape index (κ2) is 6.54. The van der Waals surface area contributed by atoms with Crippen LogP contribution in [0.3, 0.4) is 0 Å². The summed E-state index contributed by atoms with van der Waals surface area (Å²) in [6.07, 6.45) is 7.43. The summed E-state index contributed by atoms with van der Waals surface area (Å²) >= 11 is 0. The summed E-state index contributed by atoms with van der Waals surface area (Å²) in [5.74, 6) is -0.783. The van der Waals surface area contributed by atoms with Crippen LogP contribution in [0.15, 0.2) is 6.20 Å². The van der Waals surface area contributed by atoms with E-state index >= 15 is 0 Å². The smallest absolute Gasteiger partial charge is 0.305 e. The van der Waals surface area contributed by atoms with Gasteiger partial charge in [-0.15, -0.1) is 0 Å². The lowest BCUT2D eigenvalue weighted by atomic mass is 9.85. The molecule has 1 saturated carbocycles. The van der Waals surface area contributed by atoms with E-state index in [1.807, 2.05) is 0 Å². The zero-order valence-corrected chi connectivity index (χ0v) is 11.8. The summed E-state index contributed by atoms with van der Waals surface area (Å²) in [5, 5.41) is 15.7. The van der Waals surface area contributed by atoms with Gasteiger partial charge in [-0.25, -0.2) is 0 Å². The van der Waals surface area contributed by atoms with Gasteiger partial charge in [0, 0.05) is 25.7 Å². The number of nitrogens with one attached hydrogen (secondary N) is 1. The van der Waals surface area contributed by atoms with Crippen LogP contribution < -0.4 is 5.32 Å². The molecule has 1 aliphatic rings. The van der Waals surface area contributed by atoms with E-state index in [0.717, 1.165) is 18.5 Å². The monoisotopic (exact) mass is 279 g/mol. The lowest BCUT2D eigenvalue weighted by Crippen LogP contribution is -2.27. The molecule has 2 N–H and O–H groups in total. The third kappa shape index (κ3) is 3.59. The van der Waals surface area contributed by atoms with Gasteiger partial charge in [-0.2, -0.15) is 5.10 Å². The predicted octanol–water partition coefficient (Wildman–Crippen LogP) is 1.67. The van der Waals surface area contributed by atoms with Crippen molar-refractivity contribution < 1.29 is 14.7 Å². The number of aromatic nitrogens is 2. The van der Waals surface area contributed by atoms with Crippen molar-refractivity contribution >= 4 is 11.9 Å². The fourth-order valence-electron chi connectivity index (χ4n) is 2.74. The molecular weight excluding hydrogens is 258 g/mol. The van der Waals surface area contributed by atoms with Gasteiger partial charge < -0.3 is 10.4 Å². The van der Waals surface area contributed by atoms with Crippen LogP contribution in [0.25, 0.3) is 0 Å². The van der Waals surface area contributed by atoms with E-state index in [0.29, 0.717) is 11.5 Å². The molecule has 1 amide bonds. The third-order valence-corrected chi connectivity index (χ3v) is 3.72. The number of aliphatic carboxylic acids is 1. The highest BCUT2D eigenvalue weighted by Crippen LogP contribution is 2.33. The van der Waals surface area contributed by atoms with Gasteiger partial charge in [0.25, 0.3) is 5.91 Å². The van der Waals surface area contributed by atoms with Gasteiger partial charge in [0.15, 0.2) is 0 Å². The zero-order chi connectivity index (χ0) is 14.5. The first-order valence-electron chi connectivity index (χ1n) is 7.11. The first-order chi connectivity index (χ1) is 9.58. The number of carbonyl (C=O) groups is 2. The number of carbonyl (C=O) groups excluding carboxylic acids is 1. The molecule has 0 saturated heterocycles. The van der Waals surface area contributed by atoms with E-state index in [9.17, 15) is 9.59 Å². The van der Waals surface area contributed by atoms with Crippen LogP contribution >= 0.6 is 0 Å². The minimum absolute atomic E-state index is 0.0647. The maximum atomic E-state index is 12.1. The first kappa shape index (κ1) is 14.6. The molecule has 1 fully saturated rings. The number of hydrogen-bond acceptors (Lipinski definition) is 3. The van der Waals surface area contributed by atoms with E-state index in [1.54, 1.807) is 17.9 Å². The van der Waals surface area contributed by atoms with Crippen LogP contribution in [0.5, 0.6) is 0 Å². The number of carboxylic acid groups (broad SMARTS) is 1. The molecule has 0 unspecified atom stereocenters. The van der Waals surface area contributed by atoms with Crippen molar-refractivity contribution in [3.63, 3.8) is 0 Å². The fourth-order valence-corrected chi connectivity index (χ4v) is 2.74. The van der Waals surface area contributed by atoms with Crippen molar-refractivity contribution in [3.05, 3.63) is 17.5 Å². The average molecular weight is 279 g/mol. The summed E-state index contributed by atoms with van der Waals surface area (Å²) in [5.41, 5.74) is 1.45. The lowest BCUT2D eigenvalue weighted by Gasteiger charge is -2.20. The Morgan fingerprint density at radius 2 is 2.10 bits per heavy atom. The Bertz CT molecular complexity index is 490.